The van der Waals surface area contributed by atoms with Crippen molar-refractivity contribution in [1.29, 1.82) is 0 Å². The normalized spacial score (nSPS) is 9.97. The summed E-state index contributed by atoms with van der Waals surface area (Å²) in [6, 6.07) is 26.0. The van der Waals surface area contributed by atoms with Gasteiger partial charge in [0.1, 0.15) is 11.3 Å². The molecular weight excluding hydrogens is 444 g/mol. The highest BCUT2D eigenvalue weighted by molar-refractivity contribution is 5.95. The number of carbonyl (C=O) groups is 2. The molecule has 0 aliphatic heterocycles. The Hall–Kier alpha value is -4.71. The summed E-state index contributed by atoms with van der Waals surface area (Å²) in [5.74, 6) is -0.323. The lowest BCUT2D eigenvalue weighted by Gasteiger charge is -2.00. The molecule has 35 heavy (non-hydrogen) atoms. The number of phenols is 1. The maximum absolute atomic E-state index is 11.1. The first-order valence-corrected chi connectivity index (χ1v) is 10.8. The van der Waals surface area contributed by atoms with E-state index in [1.54, 1.807) is 25.1 Å². The Kier molecular flexibility index (Phi) is 8.51. The smallest absolute Gasteiger partial charge is 0.336 e. The van der Waals surface area contributed by atoms with Gasteiger partial charge in [-0.25, -0.2) is 9.59 Å². The van der Waals surface area contributed by atoms with Crippen LogP contribution in [0.25, 0.3) is 32.5 Å². The van der Waals surface area contributed by atoms with Crippen molar-refractivity contribution < 1.29 is 23.8 Å². The molecule has 0 spiro atoms. The average molecular weight is 469 g/mol. The molecule has 0 saturated carbocycles. The molecular formula is C29H24O6. The van der Waals surface area contributed by atoms with E-state index in [1.165, 1.54) is 6.07 Å². The van der Waals surface area contributed by atoms with Gasteiger partial charge in [0.25, 0.3) is 0 Å². The van der Waals surface area contributed by atoms with Crippen LogP contribution in [0, 0.1) is 0 Å². The highest BCUT2D eigenvalue weighted by Gasteiger charge is 2.01. The second kappa shape index (κ2) is 12.0. The van der Waals surface area contributed by atoms with E-state index in [2.05, 4.69) is 11.3 Å². The number of benzene rings is 4. The number of carbonyl (C=O) groups excluding carboxylic acids is 2. The number of hydrogen-bond donors (Lipinski definition) is 1. The molecule has 1 heterocycles. The third-order valence-corrected chi connectivity index (χ3v) is 4.96. The van der Waals surface area contributed by atoms with Crippen LogP contribution in [0.15, 0.2) is 107 Å². The van der Waals surface area contributed by atoms with Gasteiger partial charge in [0, 0.05) is 17.5 Å². The van der Waals surface area contributed by atoms with E-state index >= 15 is 0 Å². The summed E-state index contributed by atoms with van der Waals surface area (Å²) >= 11 is 0. The van der Waals surface area contributed by atoms with Gasteiger partial charge in [-0.1, -0.05) is 55.1 Å². The lowest BCUT2D eigenvalue weighted by Crippen LogP contribution is -1.97. The highest BCUT2D eigenvalue weighted by atomic mass is 16.5. The van der Waals surface area contributed by atoms with Crippen molar-refractivity contribution in [2.75, 3.05) is 6.61 Å². The van der Waals surface area contributed by atoms with E-state index < -0.39 is 0 Å². The average Bonchev–Trinajstić information content (AvgIpc) is 2.88. The zero-order valence-electron chi connectivity index (χ0n) is 19.1. The van der Waals surface area contributed by atoms with Crippen LogP contribution in [0.2, 0.25) is 0 Å². The van der Waals surface area contributed by atoms with Crippen molar-refractivity contribution in [1.82, 2.24) is 0 Å². The van der Waals surface area contributed by atoms with Crippen molar-refractivity contribution in [3.05, 3.63) is 114 Å². The summed E-state index contributed by atoms with van der Waals surface area (Å²) < 4.78 is 9.55. The number of fused-ring (bicyclic) bond motifs is 3. The molecule has 5 rings (SSSR count). The monoisotopic (exact) mass is 468 g/mol. The molecule has 0 aliphatic carbocycles. The molecule has 176 valence electrons. The summed E-state index contributed by atoms with van der Waals surface area (Å²) in [5.41, 5.74) is 0.665. The van der Waals surface area contributed by atoms with Crippen LogP contribution in [0.3, 0.4) is 0 Å². The SMILES string of the molecule is C=CC(=O)OCC.O=Cc1cc2ccccc2cc1O.O=c1ccc2cc3ccccc3cc2o1. The molecule has 0 amide bonds. The Balaban J connectivity index is 0.000000157. The van der Waals surface area contributed by atoms with E-state index in [4.69, 9.17) is 4.42 Å². The molecule has 0 fully saturated rings. The van der Waals surface area contributed by atoms with Crippen molar-refractivity contribution in [3.63, 3.8) is 0 Å². The van der Waals surface area contributed by atoms with Gasteiger partial charge >= 0.3 is 11.6 Å². The summed E-state index contributed by atoms with van der Waals surface area (Å²) in [5, 5.41) is 14.5. The van der Waals surface area contributed by atoms with Gasteiger partial charge in [-0.05, 0) is 58.8 Å². The third-order valence-electron chi connectivity index (χ3n) is 4.96. The Labute approximate surface area is 201 Å². The van der Waals surface area contributed by atoms with E-state index in [0.717, 1.165) is 33.0 Å². The van der Waals surface area contributed by atoms with Crippen molar-refractivity contribution >= 4 is 44.8 Å². The van der Waals surface area contributed by atoms with Gasteiger partial charge in [0.05, 0.1) is 12.2 Å². The quantitative estimate of drug-likeness (QED) is 0.114. The van der Waals surface area contributed by atoms with Crippen LogP contribution in [0.1, 0.15) is 17.3 Å². The number of esters is 1. The maximum Gasteiger partial charge on any atom is 0.336 e. The van der Waals surface area contributed by atoms with Gasteiger partial charge in [-0.2, -0.15) is 0 Å². The van der Waals surface area contributed by atoms with Crippen LogP contribution in [0.5, 0.6) is 5.75 Å². The van der Waals surface area contributed by atoms with Crippen LogP contribution in [-0.2, 0) is 9.53 Å². The van der Waals surface area contributed by atoms with E-state index in [9.17, 15) is 19.5 Å². The van der Waals surface area contributed by atoms with Gasteiger partial charge in [0.15, 0.2) is 6.29 Å². The number of aldehydes is 1. The second-order valence-corrected chi connectivity index (χ2v) is 7.32. The number of rotatable bonds is 3. The standard InChI is InChI=1S/C13H8O2.C11H8O2.C5H8O2/c14-13-6-5-11-7-9-3-1-2-4-10(9)8-12(11)15-13;12-7-10-5-8-3-1-2-4-9(8)6-11(10)13;1-3-5(6)7-4-2/h1-8H;1-7,13H;3H,1,4H2,2H3. The fraction of sp³-hybridized carbons (Fsp3) is 0.0690. The van der Waals surface area contributed by atoms with Gasteiger partial charge < -0.3 is 14.3 Å². The Bertz CT molecular complexity index is 1550. The molecule has 0 bridgehead atoms. The van der Waals surface area contributed by atoms with E-state index in [1.807, 2.05) is 60.7 Å². The minimum atomic E-state index is -0.359. The number of aromatic hydroxyl groups is 1. The first kappa shape index (κ1) is 24.9. The molecule has 1 N–H and O–H groups in total. The lowest BCUT2D eigenvalue weighted by molar-refractivity contribution is -0.137. The first-order chi connectivity index (χ1) is 16.9. The van der Waals surface area contributed by atoms with Gasteiger partial charge in [0.2, 0.25) is 0 Å². The van der Waals surface area contributed by atoms with E-state index in [0.29, 0.717) is 24.0 Å². The predicted octanol–water partition coefficient (Wildman–Crippen LogP) is 6.04. The molecule has 0 saturated heterocycles. The largest absolute Gasteiger partial charge is 0.507 e. The molecule has 0 radical (unpaired) electrons. The van der Waals surface area contributed by atoms with Crippen LogP contribution >= 0.6 is 0 Å². The van der Waals surface area contributed by atoms with Crippen molar-refractivity contribution in [2.45, 2.75) is 6.92 Å². The van der Waals surface area contributed by atoms with Crippen LogP contribution in [0.4, 0.5) is 0 Å². The Morgan fingerprint density at radius 2 is 1.46 bits per heavy atom. The van der Waals surface area contributed by atoms with Gasteiger partial charge in [-0.15, -0.1) is 0 Å². The molecule has 1 aromatic heterocycles. The Morgan fingerprint density at radius 1 is 0.886 bits per heavy atom. The summed E-state index contributed by atoms with van der Waals surface area (Å²) in [6.45, 7) is 5.38. The lowest BCUT2D eigenvalue weighted by atomic mass is 10.1. The highest BCUT2D eigenvalue weighted by Crippen LogP contribution is 2.23. The molecule has 4 aromatic carbocycles. The van der Waals surface area contributed by atoms with Gasteiger partial charge in [-0.3, -0.25) is 4.79 Å². The topological polar surface area (TPSA) is 93.8 Å². The van der Waals surface area contributed by atoms with Crippen molar-refractivity contribution in [2.24, 2.45) is 0 Å². The molecule has 0 unspecified atom stereocenters. The number of phenolic OH excluding ortho intramolecular Hbond substituents is 1. The molecule has 6 heteroatoms. The predicted molar refractivity (Wildman–Crippen MR) is 138 cm³/mol. The summed E-state index contributed by atoms with van der Waals surface area (Å²) in [7, 11) is 0. The molecule has 0 aliphatic rings. The maximum atomic E-state index is 11.1. The second-order valence-electron chi connectivity index (χ2n) is 7.32. The Morgan fingerprint density at radius 3 is 2.00 bits per heavy atom. The molecule has 5 aromatic rings. The minimum absolute atomic E-state index is 0.0358. The summed E-state index contributed by atoms with van der Waals surface area (Å²) in [6.07, 6.45) is 1.80. The number of hydrogen-bond acceptors (Lipinski definition) is 6. The first-order valence-electron chi connectivity index (χ1n) is 10.8. The fourth-order valence-electron chi connectivity index (χ4n) is 3.30. The zero-order chi connectivity index (χ0) is 25.2. The minimum Gasteiger partial charge on any atom is -0.507 e. The molecule has 0 atom stereocenters. The van der Waals surface area contributed by atoms with Crippen LogP contribution < -0.4 is 5.63 Å². The van der Waals surface area contributed by atoms with Crippen LogP contribution in [-0.4, -0.2) is 24.0 Å². The summed E-state index contributed by atoms with van der Waals surface area (Å²) in [4.78, 5) is 31.6. The van der Waals surface area contributed by atoms with Crippen molar-refractivity contribution in [3.8, 4) is 5.75 Å². The fourth-order valence-corrected chi connectivity index (χ4v) is 3.30. The molecule has 6 nitrogen and oxygen atoms in total. The number of ether oxygens (including phenoxy) is 1. The third kappa shape index (κ3) is 6.65. The van der Waals surface area contributed by atoms with E-state index in [-0.39, 0.29) is 17.3 Å². The zero-order valence-corrected chi connectivity index (χ0v) is 19.1.